The summed E-state index contributed by atoms with van der Waals surface area (Å²) in [6.45, 7) is 4.97. The molecule has 1 amide bonds. The second kappa shape index (κ2) is 8.37. The third kappa shape index (κ3) is 8.83. The van der Waals surface area contributed by atoms with E-state index in [0.29, 0.717) is 12.5 Å². The molecule has 0 fully saturated rings. The molecule has 0 aliphatic rings. The van der Waals surface area contributed by atoms with Crippen LogP contribution >= 0.6 is 0 Å². The first-order valence-electron chi connectivity index (χ1n) is 6.46. The first-order chi connectivity index (χ1) is 8.67. The molecular weight excluding hydrogens is 259 g/mol. The van der Waals surface area contributed by atoms with Gasteiger partial charge in [-0.25, -0.2) is 0 Å². The monoisotopic (exact) mass is 283 g/mol. The molecule has 0 rings (SSSR count). The number of hydrogen-bond donors (Lipinski definition) is 2. The lowest BCUT2D eigenvalue weighted by Crippen LogP contribution is -2.50. The molecule has 0 aliphatic carbocycles. The lowest BCUT2D eigenvalue weighted by Gasteiger charge is -2.28. The van der Waals surface area contributed by atoms with Crippen LogP contribution in [0.2, 0.25) is 0 Å². The molecule has 0 saturated heterocycles. The van der Waals surface area contributed by atoms with Crippen LogP contribution in [0.4, 0.5) is 13.2 Å². The summed E-state index contributed by atoms with van der Waals surface area (Å²) in [4.78, 5) is 12.8. The lowest BCUT2D eigenvalue weighted by molar-refractivity contribution is -0.154. The molecular formula is C12H24F3N3O. The molecule has 19 heavy (non-hydrogen) atoms. The van der Waals surface area contributed by atoms with Crippen LogP contribution in [-0.4, -0.2) is 49.2 Å². The minimum atomic E-state index is -4.33. The van der Waals surface area contributed by atoms with Gasteiger partial charge < -0.3 is 11.1 Å². The number of hydrogen-bond acceptors (Lipinski definition) is 3. The molecule has 0 spiro atoms. The minimum absolute atomic E-state index is 0.0400. The number of carbonyl (C=O) groups is 1. The third-order valence-corrected chi connectivity index (χ3v) is 2.75. The molecule has 1 unspecified atom stereocenters. The van der Waals surface area contributed by atoms with Crippen LogP contribution in [0, 0.1) is 5.92 Å². The Bertz CT molecular complexity index is 269. The number of nitrogens with zero attached hydrogens (tertiary/aromatic N) is 1. The van der Waals surface area contributed by atoms with E-state index in [0.717, 1.165) is 11.3 Å². The smallest absolute Gasteiger partial charge is 0.355 e. The Labute approximate surface area is 112 Å². The zero-order valence-electron chi connectivity index (χ0n) is 11.8. The van der Waals surface area contributed by atoms with Gasteiger partial charge >= 0.3 is 6.18 Å². The zero-order valence-corrected chi connectivity index (χ0v) is 11.8. The fraction of sp³-hybridized carbons (Fsp3) is 0.917. The lowest BCUT2D eigenvalue weighted by atomic mass is 10.1. The summed E-state index contributed by atoms with van der Waals surface area (Å²) in [5.74, 6) is 0.0456. The molecule has 0 aliphatic heterocycles. The van der Waals surface area contributed by atoms with Crippen LogP contribution in [0.1, 0.15) is 27.2 Å². The maximum Gasteiger partial charge on any atom is 0.401 e. The van der Waals surface area contributed by atoms with Crippen LogP contribution in [0.5, 0.6) is 0 Å². The van der Waals surface area contributed by atoms with E-state index in [4.69, 9.17) is 5.73 Å². The number of nitrogens with two attached hydrogens (primary N) is 1. The highest BCUT2D eigenvalue weighted by Gasteiger charge is 2.34. The predicted octanol–water partition coefficient (Wildman–Crippen LogP) is 1.36. The van der Waals surface area contributed by atoms with Crippen molar-refractivity contribution in [3.63, 3.8) is 0 Å². The van der Waals surface area contributed by atoms with Gasteiger partial charge in [-0.2, -0.15) is 13.2 Å². The van der Waals surface area contributed by atoms with Gasteiger partial charge in [0.2, 0.25) is 5.91 Å². The standard InChI is InChI=1S/C12H24F3N3O/c1-9(2)4-6-17-11(19)10(3)18(7-5-16)8-12(13,14)15/h9-10H,4-8,16H2,1-3H3,(H,17,19). The Morgan fingerprint density at radius 1 is 1.32 bits per heavy atom. The second-order valence-electron chi connectivity index (χ2n) is 5.02. The van der Waals surface area contributed by atoms with Crippen molar-refractivity contribution in [3.05, 3.63) is 0 Å². The number of rotatable bonds is 8. The summed E-state index contributed by atoms with van der Waals surface area (Å²) >= 11 is 0. The third-order valence-electron chi connectivity index (χ3n) is 2.75. The topological polar surface area (TPSA) is 58.4 Å². The number of halogens is 3. The first kappa shape index (κ1) is 18.2. The van der Waals surface area contributed by atoms with E-state index in [1.54, 1.807) is 0 Å². The van der Waals surface area contributed by atoms with Gasteiger partial charge in [0.05, 0.1) is 12.6 Å². The normalized spacial score (nSPS) is 13.9. The molecule has 0 aromatic rings. The van der Waals surface area contributed by atoms with Gasteiger partial charge in [-0.05, 0) is 19.3 Å². The largest absolute Gasteiger partial charge is 0.401 e. The molecule has 7 heteroatoms. The van der Waals surface area contributed by atoms with E-state index in [1.807, 2.05) is 13.8 Å². The molecule has 1 atom stereocenters. The van der Waals surface area contributed by atoms with Gasteiger partial charge in [-0.15, -0.1) is 0 Å². The zero-order chi connectivity index (χ0) is 15.1. The van der Waals surface area contributed by atoms with Crippen molar-refractivity contribution in [2.45, 2.75) is 39.4 Å². The number of carbonyl (C=O) groups excluding carboxylic acids is 1. The van der Waals surface area contributed by atoms with E-state index >= 15 is 0 Å². The summed E-state index contributed by atoms with van der Waals surface area (Å²) < 4.78 is 37.2. The maximum atomic E-state index is 12.4. The molecule has 0 radical (unpaired) electrons. The van der Waals surface area contributed by atoms with E-state index < -0.39 is 24.7 Å². The van der Waals surface area contributed by atoms with Crippen LogP contribution in [-0.2, 0) is 4.79 Å². The Morgan fingerprint density at radius 2 is 1.89 bits per heavy atom. The average molecular weight is 283 g/mol. The summed E-state index contributed by atoms with van der Waals surface area (Å²) in [6, 6.07) is -0.836. The molecule has 0 aromatic heterocycles. The highest BCUT2D eigenvalue weighted by molar-refractivity contribution is 5.81. The fourth-order valence-corrected chi connectivity index (χ4v) is 1.60. The van der Waals surface area contributed by atoms with Crippen LogP contribution in [0.3, 0.4) is 0 Å². The van der Waals surface area contributed by atoms with Gasteiger partial charge in [-0.3, -0.25) is 9.69 Å². The SMILES string of the molecule is CC(C)CCNC(=O)C(C)N(CCN)CC(F)(F)F. The van der Waals surface area contributed by atoms with Crippen molar-refractivity contribution in [2.24, 2.45) is 11.7 Å². The van der Waals surface area contributed by atoms with Gasteiger partial charge in [0.1, 0.15) is 0 Å². The van der Waals surface area contributed by atoms with E-state index in [2.05, 4.69) is 5.32 Å². The maximum absolute atomic E-state index is 12.4. The van der Waals surface area contributed by atoms with Crippen molar-refractivity contribution in [1.29, 1.82) is 0 Å². The predicted molar refractivity (Wildman–Crippen MR) is 68.6 cm³/mol. The van der Waals surface area contributed by atoms with Crippen molar-refractivity contribution in [2.75, 3.05) is 26.2 Å². The Hall–Kier alpha value is -0.820. The molecule has 0 saturated carbocycles. The number of alkyl halides is 3. The molecule has 0 heterocycles. The quantitative estimate of drug-likeness (QED) is 0.707. The van der Waals surface area contributed by atoms with Crippen molar-refractivity contribution in [3.8, 4) is 0 Å². The van der Waals surface area contributed by atoms with Crippen LogP contribution < -0.4 is 11.1 Å². The highest BCUT2D eigenvalue weighted by Crippen LogP contribution is 2.17. The van der Waals surface area contributed by atoms with Crippen molar-refractivity contribution < 1.29 is 18.0 Å². The molecule has 3 N–H and O–H groups in total. The van der Waals surface area contributed by atoms with E-state index in [1.165, 1.54) is 6.92 Å². The Morgan fingerprint density at radius 3 is 2.32 bits per heavy atom. The van der Waals surface area contributed by atoms with Gasteiger partial charge in [0.25, 0.3) is 0 Å². The Balaban J connectivity index is 4.36. The number of amides is 1. The Kier molecular flexibility index (Phi) is 8.01. The molecule has 0 bridgehead atoms. The minimum Gasteiger partial charge on any atom is -0.355 e. The van der Waals surface area contributed by atoms with Gasteiger partial charge in [0, 0.05) is 19.6 Å². The molecule has 4 nitrogen and oxygen atoms in total. The summed E-state index contributed by atoms with van der Waals surface area (Å²) in [5.41, 5.74) is 5.29. The highest BCUT2D eigenvalue weighted by atomic mass is 19.4. The van der Waals surface area contributed by atoms with E-state index in [9.17, 15) is 18.0 Å². The van der Waals surface area contributed by atoms with Crippen molar-refractivity contribution in [1.82, 2.24) is 10.2 Å². The number of nitrogens with one attached hydrogen (secondary N) is 1. The van der Waals surface area contributed by atoms with Gasteiger partial charge in [0.15, 0.2) is 0 Å². The summed E-state index contributed by atoms with van der Waals surface area (Å²) in [5, 5.41) is 2.65. The van der Waals surface area contributed by atoms with Crippen molar-refractivity contribution >= 4 is 5.91 Å². The summed E-state index contributed by atoms with van der Waals surface area (Å²) in [7, 11) is 0. The van der Waals surface area contributed by atoms with Gasteiger partial charge in [-0.1, -0.05) is 13.8 Å². The van der Waals surface area contributed by atoms with E-state index in [-0.39, 0.29) is 13.1 Å². The second-order valence-corrected chi connectivity index (χ2v) is 5.02. The van der Waals surface area contributed by atoms with Crippen LogP contribution in [0.25, 0.3) is 0 Å². The first-order valence-corrected chi connectivity index (χ1v) is 6.46. The molecule has 0 aromatic carbocycles. The fourth-order valence-electron chi connectivity index (χ4n) is 1.60. The van der Waals surface area contributed by atoms with Crippen LogP contribution in [0.15, 0.2) is 0 Å². The average Bonchev–Trinajstić information content (AvgIpc) is 2.25. The molecule has 114 valence electrons. The summed E-state index contributed by atoms with van der Waals surface area (Å²) in [6.07, 6.45) is -3.53.